The van der Waals surface area contributed by atoms with Crippen molar-refractivity contribution in [3.8, 4) is 0 Å². The molecule has 7 nitrogen and oxygen atoms in total. The molecule has 1 fully saturated rings. The quantitative estimate of drug-likeness (QED) is 0.708. The number of hydrogen-bond donors (Lipinski definition) is 3. The standard InChI is InChI=1S/C18H20F2N4O3/c19-13-2-1-11(5-14(13)20)6-17(26)23-15-10-24(4-3-16(15)25)18(27)7-12-8-21-22-9-12/h1-2,5,8-9,15-16,25H,3-4,6-7,10H2,(H,21,22)(H,23,26)/t15-,16-/m1/s1. The lowest BCUT2D eigenvalue weighted by Gasteiger charge is -2.36. The topological polar surface area (TPSA) is 98.3 Å². The molecule has 0 bridgehead atoms. The Morgan fingerprint density at radius 1 is 1.26 bits per heavy atom. The molecular weight excluding hydrogens is 358 g/mol. The van der Waals surface area contributed by atoms with Gasteiger partial charge in [-0.1, -0.05) is 6.07 Å². The van der Waals surface area contributed by atoms with Crippen molar-refractivity contribution in [3.05, 3.63) is 53.4 Å². The maximum atomic E-state index is 13.2. The van der Waals surface area contributed by atoms with Crippen LogP contribution < -0.4 is 5.32 Å². The highest BCUT2D eigenvalue weighted by molar-refractivity contribution is 5.80. The van der Waals surface area contributed by atoms with Crippen molar-refractivity contribution < 1.29 is 23.5 Å². The number of benzene rings is 1. The van der Waals surface area contributed by atoms with Crippen LogP contribution >= 0.6 is 0 Å². The fourth-order valence-corrected chi connectivity index (χ4v) is 3.06. The number of nitrogens with zero attached hydrogens (tertiary/aromatic N) is 2. The van der Waals surface area contributed by atoms with Crippen molar-refractivity contribution in [1.29, 1.82) is 0 Å². The summed E-state index contributed by atoms with van der Waals surface area (Å²) in [4.78, 5) is 26.2. The minimum absolute atomic E-state index is 0.122. The molecule has 3 N–H and O–H groups in total. The number of aliphatic hydroxyl groups excluding tert-OH is 1. The third-order valence-corrected chi connectivity index (χ3v) is 4.53. The van der Waals surface area contributed by atoms with E-state index in [0.717, 1.165) is 17.7 Å². The molecule has 0 unspecified atom stereocenters. The van der Waals surface area contributed by atoms with E-state index in [2.05, 4.69) is 15.5 Å². The van der Waals surface area contributed by atoms with Crippen LogP contribution in [0.3, 0.4) is 0 Å². The molecule has 2 amide bonds. The van der Waals surface area contributed by atoms with Gasteiger partial charge in [0.05, 0.1) is 31.2 Å². The Bertz CT molecular complexity index is 813. The zero-order chi connectivity index (χ0) is 19.4. The van der Waals surface area contributed by atoms with Crippen molar-refractivity contribution >= 4 is 11.8 Å². The molecule has 0 radical (unpaired) electrons. The van der Waals surface area contributed by atoms with Gasteiger partial charge in [-0.05, 0) is 29.7 Å². The first-order chi connectivity index (χ1) is 12.9. The number of piperidine rings is 1. The maximum absolute atomic E-state index is 13.2. The summed E-state index contributed by atoms with van der Waals surface area (Å²) in [5.41, 5.74) is 1.08. The number of H-pyrrole nitrogens is 1. The van der Waals surface area contributed by atoms with Gasteiger partial charge in [-0.15, -0.1) is 0 Å². The lowest BCUT2D eigenvalue weighted by atomic mass is 10.0. The Hall–Kier alpha value is -2.81. The number of likely N-dealkylation sites (tertiary alicyclic amines) is 1. The summed E-state index contributed by atoms with van der Waals surface area (Å²) in [6.45, 7) is 0.578. The van der Waals surface area contributed by atoms with E-state index in [1.807, 2.05) is 0 Å². The summed E-state index contributed by atoms with van der Waals surface area (Å²) in [5, 5.41) is 19.3. The number of aromatic amines is 1. The number of carbonyl (C=O) groups excluding carboxylic acids is 2. The molecule has 0 saturated carbocycles. The minimum Gasteiger partial charge on any atom is -0.391 e. The molecule has 27 heavy (non-hydrogen) atoms. The van der Waals surface area contributed by atoms with E-state index in [9.17, 15) is 23.5 Å². The van der Waals surface area contributed by atoms with Crippen LogP contribution in [0.1, 0.15) is 17.5 Å². The van der Waals surface area contributed by atoms with Gasteiger partial charge in [0.25, 0.3) is 0 Å². The van der Waals surface area contributed by atoms with Crippen LogP contribution in [0, 0.1) is 11.6 Å². The molecule has 0 spiro atoms. The molecule has 2 aromatic rings. The average Bonchev–Trinajstić information content (AvgIpc) is 3.13. The number of nitrogens with one attached hydrogen (secondary N) is 2. The normalized spacial score (nSPS) is 19.7. The summed E-state index contributed by atoms with van der Waals surface area (Å²) in [6, 6.07) is 2.64. The van der Waals surface area contributed by atoms with Gasteiger partial charge in [0.15, 0.2) is 11.6 Å². The van der Waals surface area contributed by atoms with E-state index in [0.29, 0.717) is 18.5 Å². The maximum Gasteiger partial charge on any atom is 0.227 e. The molecule has 0 aliphatic carbocycles. The van der Waals surface area contributed by atoms with Crippen LogP contribution in [0.15, 0.2) is 30.6 Å². The van der Waals surface area contributed by atoms with Crippen LogP contribution in [0.25, 0.3) is 0 Å². The molecule has 3 rings (SSSR count). The molecule has 1 aliphatic rings. The first-order valence-corrected chi connectivity index (χ1v) is 8.59. The van der Waals surface area contributed by atoms with Crippen LogP contribution in [-0.4, -0.2) is 57.3 Å². The van der Waals surface area contributed by atoms with Crippen LogP contribution in [-0.2, 0) is 22.4 Å². The van der Waals surface area contributed by atoms with Gasteiger partial charge < -0.3 is 15.3 Å². The second-order valence-corrected chi connectivity index (χ2v) is 6.58. The third kappa shape index (κ3) is 4.88. The number of rotatable bonds is 5. The molecule has 1 aromatic carbocycles. The Morgan fingerprint density at radius 2 is 2.07 bits per heavy atom. The molecule has 1 aliphatic heterocycles. The van der Waals surface area contributed by atoms with Crippen LogP contribution in [0.2, 0.25) is 0 Å². The van der Waals surface area contributed by atoms with E-state index < -0.39 is 29.7 Å². The van der Waals surface area contributed by atoms with E-state index in [1.54, 1.807) is 17.3 Å². The fraction of sp³-hybridized carbons (Fsp3) is 0.389. The molecule has 9 heteroatoms. The molecule has 1 aromatic heterocycles. The largest absolute Gasteiger partial charge is 0.391 e. The third-order valence-electron chi connectivity index (χ3n) is 4.53. The first kappa shape index (κ1) is 19.0. The average molecular weight is 378 g/mol. The van der Waals surface area contributed by atoms with E-state index in [1.165, 1.54) is 6.07 Å². The Labute approximate surface area is 154 Å². The zero-order valence-electron chi connectivity index (χ0n) is 14.5. The van der Waals surface area contributed by atoms with E-state index >= 15 is 0 Å². The molecule has 1 saturated heterocycles. The molecule has 2 atom stereocenters. The van der Waals surface area contributed by atoms with Gasteiger partial charge in [-0.3, -0.25) is 14.7 Å². The summed E-state index contributed by atoms with van der Waals surface area (Å²) in [7, 11) is 0. The highest BCUT2D eigenvalue weighted by Gasteiger charge is 2.31. The monoisotopic (exact) mass is 378 g/mol. The number of aliphatic hydroxyl groups is 1. The highest BCUT2D eigenvalue weighted by atomic mass is 19.2. The Kier molecular flexibility index (Phi) is 5.80. The molecular formula is C18H20F2N4O3. The van der Waals surface area contributed by atoms with E-state index in [-0.39, 0.29) is 25.3 Å². The predicted molar refractivity (Wildman–Crippen MR) is 91.5 cm³/mol. The van der Waals surface area contributed by atoms with Crippen molar-refractivity contribution in [3.63, 3.8) is 0 Å². The van der Waals surface area contributed by atoms with Gasteiger partial charge >= 0.3 is 0 Å². The van der Waals surface area contributed by atoms with Crippen LogP contribution in [0.5, 0.6) is 0 Å². The van der Waals surface area contributed by atoms with Crippen molar-refractivity contribution in [2.45, 2.75) is 31.4 Å². The Balaban J connectivity index is 1.56. The smallest absolute Gasteiger partial charge is 0.227 e. The second-order valence-electron chi connectivity index (χ2n) is 6.58. The summed E-state index contributed by atoms with van der Waals surface area (Å²) in [5.74, 6) is -2.56. The second kappa shape index (κ2) is 8.26. The van der Waals surface area contributed by atoms with Crippen molar-refractivity contribution in [2.24, 2.45) is 0 Å². The predicted octanol–water partition coefficient (Wildman–Crippen LogP) is 0.551. The molecule has 144 valence electrons. The number of halogens is 2. The Morgan fingerprint density at radius 3 is 2.78 bits per heavy atom. The zero-order valence-corrected chi connectivity index (χ0v) is 14.5. The lowest BCUT2D eigenvalue weighted by molar-refractivity contribution is -0.135. The van der Waals surface area contributed by atoms with Crippen molar-refractivity contribution in [1.82, 2.24) is 20.4 Å². The van der Waals surface area contributed by atoms with Gasteiger partial charge in [0.1, 0.15) is 0 Å². The van der Waals surface area contributed by atoms with Gasteiger partial charge in [-0.25, -0.2) is 8.78 Å². The summed E-state index contributed by atoms with van der Waals surface area (Å²) >= 11 is 0. The van der Waals surface area contributed by atoms with Crippen molar-refractivity contribution in [2.75, 3.05) is 13.1 Å². The molecule has 2 heterocycles. The lowest BCUT2D eigenvalue weighted by Crippen LogP contribution is -2.56. The number of carbonyl (C=O) groups is 2. The van der Waals surface area contributed by atoms with Gasteiger partial charge in [0, 0.05) is 19.3 Å². The van der Waals surface area contributed by atoms with Gasteiger partial charge in [-0.2, -0.15) is 5.10 Å². The summed E-state index contributed by atoms with van der Waals surface area (Å²) < 4.78 is 26.2. The SMILES string of the molecule is O=C(Cc1ccc(F)c(F)c1)N[C@@H]1CN(C(=O)Cc2cn[nH]c2)CC[C@H]1O. The fourth-order valence-electron chi connectivity index (χ4n) is 3.06. The van der Waals surface area contributed by atoms with Crippen LogP contribution in [0.4, 0.5) is 8.78 Å². The highest BCUT2D eigenvalue weighted by Crippen LogP contribution is 2.14. The number of hydrogen-bond acceptors (Lipinski definition) is 4. The first-order valence-electron chi connectivity index (χ1n) is 8.59. The number of amides is 2. The minimum atomic E-state index is -1.02. The van der Waals surface area contributed by atoms with E-state index in [4.69, 9.17) is 0 Å². The summed E-state index contributed by atoms with van der Waals surface area (Å²) in [6.07, 6.45) is 2.80. The number of aromatic nitrogens is 2. The van der Waals surface area contributed by atoms with Gasteiger partial charge in [0.2, 0.25) is 11.8 Å².